The van der Waals surface area contributed by atoms with Crippen LogP contribution in [0.1, 0.15) is 12.5 Å². The minimum Gasteiger partial charge on any atom is -0.399 e. The molecule has 1 aromatic rings. The zero-order valence-electron chi connectivity index (χ0n) is 9.36. The van der Waals surface area contributed by atoms with E-state index in [9.17, 15) is 0 Å². The molecule has 1 aliphatic heterocycles. The third kappa shape index (κ3) is 2.23. The molecule has 82 valence electrons. The summed E-state index contributed by atoms with van der Waals surface area (Å²) in [5.74, 6) is 2.46. The van der Waals surface area contributed by atoms with Crippen LogP contribution in [0.25, 0.3) is 0 Å². The molecule has 1 heterocycles. The van der Waals surface area contributed by atoms with Crippen LogP contribution < -0.4 is 10.6 Å². The average molecular weight is 222 g/mol. The van der Waals surface area contributed by atoms with Crippen LogP contribution in [0.15, 0.2) is 18.2 Å². The van der Waals surface area contributed by atoms with Crippen molar-refractivity contribution in [2.75, 3.05) is 28.7 Å². The van der Waals surface area contributed by atoms with Gasteiger partial charge in [0.15, 0.2) is 0 Å². The second-order valence-electron chi connectivity index (χ2n) is 4.16. The van der Waals surface area contributed by atoms with E-state index in [-0.39, 0.29) is 0 Å². The van der Waals surface area contributed by atoms with Crippen molar-refractivity contribution in [1.29, 1.82) is 0 Å². The molecule has 0 aromatic heterocycles. The molecule has 1 aliphatic rings. The lowest BCUT2D eigenvalue weighted by atomic mass is 10.1. The SMILES string of the molecule is Cc1cc(N)ccc1N1CCSCC1C. The van der Waals surface area contributed by atoms with E-state index in [1.807, 2.05) is 17.8 Å². The van der Waals surface area contributed by atoms with Gasteiger partial charge in [-0.3, -0.25) is 0 Å². The van der Waals surface area contributed by atoms with Crippen molar-refractivity contribution in [2.45, 2.75) is 19.9 Å². The summed E-state index contributed by atoms with van der Waals surface area (Å²) in [6.07, 6.45) is 0. The number of nitrogens with zero attached hydrogens (tertiary/aromatic N) is 1. The van der Waals surface area contributed by atoms with Gasteiger partial charge in [0.05, 0.1) is 0 Å². The van der Waals surface area contributed by atoms with E-state index < -0.39 is 0 Å². The lowest BCUT2D eigenvalue weighted by molar-refractivity contribution is 0.698. The predicted octanol–water partition coefficient (Wildman–Crippen LogP) is 2.52. The van der Waals surface area contributed by atoms with E-state index in [1.165, 1.54) is 22.8 Å². The van der Waals surface area contributed by atoms with Gasteiger partial charge >= 0.3 is 0 Å². The van der Waals surface area contributed by atoms with Crippen molar-refractivity contribution in [3.63, 3.8) is 0 Å². The van der Waals surface area contributed by atoms with Gasteiger partial charge in [-0.2, -0.15) is 11.8 Å². The monoisotopic (exact) mass is 222 g/mol. The Morgan fingerprint density at radius 1 is 1.47 bits per heavy atom. The number of thioether (sulfide) groups is 1. The molecule has 0 spiro atoms. The first-order chi connectivity index (χ1) is 7.18. The second kappa shape index (κ2) is 4.35. The van der Waals surface area contributed by atoms with E-state index in [0.29, 0.717) is 6.04 Å². The Balaban J connectivity index is 2.27. The van der Waals surface area contributed by atoms with Crippen molar-refractivity contribution >= 4 is 23.1 Å². The lowest BCUT2D eigenvalue weighted by Gasteiger charge is -2.36. The van der Waals surface area contributed by atoms with E-state index >= 15 is 0 Å². The van der Waals surface area contributed by atoms with E-state index in [0.717, 1.165) is 12.2 Å². The van der Waals surface area contributed by atoms with Gasteiger partial charge in [0.1, 0.15) is 0 Å². The topological polar surface area (TPSA) is 29.3 Å². The number of rotatable bonds is 1. The first kappa shape index (κ1) is 10.7. The summed E-state index contributed by atoms with van der Waals surface area (Å²) in [4.78, 5) is 2.49. The molecule has 1 atom stereocenters. The van der Waals surface area contributed by atoms with Crippen molar-refractivity contribution < 1.29 is 0 Å². The zero-order valence-corrected chi connectivity index (χ0v) is 10.2. The zero-order chi connectivity index (χ0) is 10.8. The number of aryl methyl sites for hydroxylation is 1. The maximum absolute atomic E-state index is 5.77. The van der Waals surface area contributed by atoms with Crippen molar-refractivity contribution in [3.8, 4) is 0 Å². The Bertz CT molecular complexity index is 351. The number of hydrogen-bond acceptors (Lipinski definition) is 3. The highest BCUT2D eigenvalue weighted by Crippen LogP contribution is 2.27. The van der Waals surface area contributed by atoms with Gasteiger partial charge in [0, 0.05) is 35.5 Å². The van der Waals surface area contributed by atoms with Gasteiger partial charge in [-0.25, -0.2) is 0 Å². The van der Waals surface area contributed by atoms with Crippen LogP contribution in [-0.4, -0.2) is 24.1 Å². The summed E-state index contributed by atoms with van der Waals surface area (Å²) in [7, 11) is 0. The third-order valence-electron chi connectivity index (χ3n) is 2.90. The molecular formula is C12H18N2S. The van der Waals surface area contributed by atoms with Gasteiger partial charge in [0.2, 0.25) is 0 Å². The lowest BCUT2D eigenvalue weighted by Crippen LogP contribution is -2.40. The smallest absolute Gasteiger partial charge is 0.0400 e. The molecule has 2 nitrogen and oxygen atoms in total. The van der Waals surface area contributed by atoms with E-state index in [1.54, 1.807) is 0 Å². The Kier molecular flexibility index (Phi) is 3.10. The highest BCUT2D eigenvalue weighted by Gasteiger charge is 2.19. The fourth-order valence-electron chi connectivity index (χ4n) is 2.09. The van der Waals surface area contributed by atoms with E-state index in [4.69, 9.17) is 5.73 Å². The Morgan fingerprint density at radius 2 is 2.27 bits per heavy atom. The van der Waals surface area contributed by atoms with Gasteiger partial charge in [0.25, 0.3) is 0 Å². The second-order valence-corrected chi connectivity index (χ2v) is 5.31. The number of hydrogen-bond donors (Lipinski definition) is 1. The summed E-state index contributed by atoms with van der Waals surface area (Å²) in [5.41, 5.74) is 9.26. The molecule has 3 heteroatoms. The summed E-state index contributed by atoms with van der Waals surface area (Å²) < 4.78 is 0. The molecule has 0 aliphatic carbocycles. The molecule has 0 radical (unpaired) electrons. The van der Waals surface area contributed by atoms with E-state index in [2.05, 4.69) is 30.9 Å². The molecule has 1 saturated heterocycles. The molecule has 15 heavy (non-hydrogen) atoms. The molecule has 1 fully saturated rings. The molecule has 0 bridgehead atoms. The normalized spacial score (nSPS) is 21.7. The fourth-order valence-corrected chi connectivity index (χ4v) is 3.10. The fraction of sp³-hybridized carbons (Fsp3) is 0.500. The minimum atomic E-state index is 0.631. The maximum atomic E-state index is 5.77. The quantitative estimate of drug-likeness (QED) is 0.740. The van der Waals surface area contributed by atoms with Crippen molar-refractivity contribution in [2.24, 2.45) is 0 Å². The molecule has 1 unspecified atom stereocenters. The first-order valence-corrected chi connectivity index (χ1v) is 6.54. The standard InChI is InChI=1S/C12H18N2S/c1-9-7-11(13)3-4-12(9)14-5-6-15-8-10(14)2/h3-4,7,10H,5-6,8,13H2,1-2H3. The number of nitrogen functional groups attached to an aromatic ring is 1. The molecule has 0 amide bonds. The highest BCUT2D eigenvalue weighted by molar-refractivity contribution is 7.99. The Labute approximate surface area is 95.8 Å². The Morgan fingerprint density at radius 3 is 2.93 bits per heavy atom. The first-order valence-electron chi connectivity index (χ1n) is 5.39. The third-order valence-corrected chi connectivity index (χ3v) is 4.09. The van der Waals surface area contributed by atoms with Crippen LogP contribution in [0.2, 0.25) is 0 Å². The van der Waals surface area contributed by atoms with Crippen LogP contribution in [0, 0.1) is 6.92 Å². The van der Waals surface area contributed by atoms with Gasteiger partial charge in [-0.05, 0) is 37.6 Å². The summed E-state index contributed by atoms with van der Waals surface area (Å²) in [6, 6.07) is 6.84. The van der Waals surface area contributed by atoms with Crippen LogP contribution in [0.4, 0.5) is 11.4 Å². The molecular weight excluding hydrogens is 204 g/mol. The average Bonchev–Trinajstić information content (AvgIpc) is 2.20. The number of anilines is 2. The molecule has 0 saturated carbocycles. The van der Waals surface area contributed by atoms with Crippen molar-refractivity contribution in [1.82, 2.24) is 0 Å². The largest absolute Gasteiger partial charge is 0.399 e. The maximum Gasteiger partial charge on any atom is 0.0400 e. The number of benzene rings is 1. The van der Waals surface area contributed by atoms with Crippen LogP contribution >= 0.6 is 11.8 Å². The van der Waals surface area contributed by atoms with Gasteiger partial charge in [-0.1, -0.05) is 0 Å². The van der Waals surface area contributed by atoms with Crippen LogP contribution in [-0.2, 0) is 0 Å². The summed E-state index contributed by atoms with van der Waals surface area (Å²) in [6.45, 7) is 5.58. The molecule has 2 N–H and O–H groups in total. The van der Waals surface area contributed by atoms with Gasteiger partial charge in [-0.15, -0.1) is 0 Å². The van der Waals surface area contributed by atoms with Crippen LogP contribution in [0.5, 0.6) is 0 Å². The predicted molar refractivity (Wildman–Crippen MR) is 69.7 cm³/mol. The Hall–Kier alpha value is -0.830. The molecule has 1 aromatic carbocycles. The minimum absolute atomic E-state index is 0.631. The highest BCUT2D eigenvalue weighted by atomic mass is 32.2. The van der Waals surface area contributed by atoms with Crippen molar-refractivity contribution in [3.05, 3.63) is 23.8 Å². The molecule has 2 rings (SSSR count). The summed E-state index contributed by atoms with van der Waals surface area (Å²) >= 11 is 2.04. The van der Waals surface area contributed by atoms with Gasteiger partial charge < -0.3 is 10.6 Å². The van der Waals surface area contributed by atoms with Crippen LogP contribution in [0.3, 0.4) is 0 Å². The number of nitrogens with two attached hydrogens (primary N) is 1. The summed E-state index contributed by atoms with van der Waals surface area (Å²) in [5, 5.41) is 0.